The molecule has 176 valence electrons. The van der Waals surface area contributed by atoms with E-state index in [0.29, 0.717) is 11.3 Å². The first-order valence-corrected chi connectivity index (χ1v) is 12.6. The molecule has 1 aromatic heterocycles. The summed E-state index contributed by atoms with van der Waals surface area (Å²) in [5.41, 5.74) is 2.91. The van der Waals surface area contributed by atoms with Crippen LogP contribution in [-0.4, -0.2) is 23.6 Å². The third kappa shape index (κ3) is 5.45. The second kappa shape index (κ2) is 10.8. The number of hydrogen-bond donors (Lipinski definition) is 1. The molecule has 4 rings (SSSR count). The van der Waals surface area contributed by atoms with Crippen molar-refractivity contribution in [2.75, 3.05) is 4.90 Å². The summed E-state index contributed by atoms with van der Waals surface area (Å²) < 4.78 is 0. The Balaban J connectivity index is 1.78. The molecule has 0 spiro atoms. The quantitative estimate of drug-likeness (QED) is 0.430. The normalized spacial score (nSPS) is 14.5. The summed E-state index contributed by atoms with van der Waals surface area (Å²) in [7, 11) is 0. The van der Waals surface area contributed by atoms with Crippen LogP contribution in [0.3, 0.4) is 0 Å². The highest BCUT2D eigenvalue weighted by Crippen LogP contribution is 2.32. The van der Waals surface area contributed by atoms with Crippen molar-refractivity contribution in [3.63, 3.8) is 0 Å². The summed E-state index contributed by atoms with van der Waals surface area (Å²) in [6.45, 7) is 3.48. The molecule has 0 aliphatic heterocycles. The summed E-state index contributed by atoms with van der Waals surface area (Å²) in [5.74, 6) is -0.373. The maximum absolute atomic E-state index is 13.8. The lowest BCUT2D eigenvalue weighted by Gasteiger charge is -2.33. The average Bonchev–Trinajstić information content (AvgIpc) is 3.52. The van der Waals surface area contributed by atoms with Crippen molar-refractivity contribution in [1.29, 1.82) is 0 Å². The van der Waals surface area contributed by atoms with E-state index in [9.17, 15) is 14.4 Å². The Morgan fingerprint density at radius 1 is 1.00 bits per heavy atom. The van der Waals surface area contributed by atoms with Crippen LogP contribution in [0, 0.1) is 6.92 Å². The minimum Gasteiger partial charge on any atom is -0.351 e. The van der Waals surface area contributed by atoms with Gasteiger partial charge in [0.2, 0.25) is 11.8 Å². The SMILES string of the molecule is CC(=O)c1ccc(N(C(=O)Cc2cccs2)C(C(=O)NC2CCCC2)c2ccccc2C)cc1. The number of benzene rings is 2. The van der Waals surface area contributed by atoms with Crippen LogP contribution in [0.2, 0.25) is 0 Å². The minimum absolute atomic E-state index is 0.0440. The van der Waals surface area contributed by atoms with Gasteiger partial charge in [-0.3, -0.25) is 19.3 Å². The third-order valence-electron chi connectivity index (χ3n) is 6.42. The van der Waals surface area contributed by atoms with E-state index >= 15 is 0 Å². The molecular weight excluding hydrogens is 444 g/mol. The van der Waals surface area contributed by atoms with Gasteiger partial charge >= 0.3 is 0 Å². The molecule has 1 aliphatic carbocycles. The summed E-state index contributed by atoms with van der Waals surface area (Å²) >= 11 is 1.52. The first-order valence-electron chi connectivity index (χ1n) is 11.8. The van der Waals surface area contributed by atoms with E-state index in [2.05, 4.69) is 5.32 Å². The summed E-state index contributed by atoms with van der Waals surface area (Å²) in [6, 6.07) is 17.9. The average molecular weight is 475 g/mol. The highest BCUT2D eigenvalue weighted by molar-refractivity contribution is 7.10. The monoisotopic (exact) mass is 474 g/mol. The molecule has 6 heteroatoms. The number of amides is 2. The third-order valence-corrected chi connectivity index (χ3v) is 7.29. The molecular formula is C28H30N2O3S. The van der Waals surface area contributed by atoms with Crippen LogP contribution < -0.4 is 10.2 Å². The molecule has 2 aromatic carbocycles. The van der Waals surface area contributed by atoms with Crippen LogP contribution >= 0.6 is 11.3 Å². The van der Waals surface area contributed by atoms with E-state index in [1.165, 1.54) is 18.3 Å². The van der Waals surface area contributed by atoms with E-state index in [4.69, 9.17) is 0 Å². The Kier molecular flexibility index (Phi) is 7.58. The van der Waals surface area contributed by atoms with Gasteiger partial charge in [0.05, 0.1) is 6.42 Å². The van der Waals surface area contributed by atoms with Gasteiger partial charge in [0.1, 0.15) is 6.04 Å². The van der Waals surface area contributed by atoms with Crippen molar-refractivity contribution >= 4 is 34.6 Å². The van der Waals surface area contributed by atoms with Crippen LogP contribution in [0.5, 0.6) is 0 Å². The number of ketones is 1. The van der Waals surface area contributed by atoms with E-state index in [-0.39, 0.29) is 30.1 Å². The van der Waals surface area contributed by atoms with Crippen molar-refractivity contribution in [1.82, 2.24) is 5.32 Å². The number of Topliss-reactive ketones (excluding diaryl/α,β-unsaturated/α-hetero) is 1. The molecule has 3 aromatic rings. The summed E-state index contributed by atoms with van der Waals surface area (Å²) in [5, 5.41) is 5.16. The second-order valence-corrected chi connectivity index (χ2v) is 9.90. The highest BCUT2D eigenvalue weighted by atomic mass is 32.1. The Morgan fingerprint density at radius 2 is 1.71 bits per heavy atom. The Morgan fingerprint density at radius 3 is 2.32 bits per heavy atom. The second-order valence-electron chi connectivity index (χ2n) is 8.87. The molecule has 0 radical (unpaired) electrons. The van der Waals surface area contributed by atoms with Gasteiger partial charge in [0.15, 0.2) is 5.78 Å². The van der Waals surface area contributed by atoms with Gasteiger partial charge in [-0.1, -0.05) is 43.2 Å². The van der Waals surface area contributed by atoms with Gasteiger partial charge in [-0.15, -0.1) is 11.3 Å². The fourth-order valence-corrected chi connectivity index (χ4v) is 5.28. The number of nitrogens with zero attached hydrogens (tertiary/aromatic N) is 1. The van der Waals surface area contributed by atoms with E-state index in [1.54, 1.807) is 29.2 Å². The molecule has 5 nitrogen and oxygen atoms in total. The number of thiophene rings is 1. The number of rotatable bonds is 8. The number of hydrogen-bond acceptors (Lipinski definition) is 4. The van der Waals surface area contributed by atoms with Crippen molar-refractivity contribution in [3.8, 4) is 0 Å². The predicted octanol–water partition coefficient (Wildman–Crippen LogP) is 5.63. The van der Waals surface area contributed by atoms with Gasteiger partial charge in [-0.05, 0) is 73.5 Å². The van der Waals surface area contributed by atoms with Gasteiger partial charge < -0.3 is 5.32 Å². The number of carbonyl (C=O) groups excluding carboxylic acids is 3. The van der Waals surface area contributed by atoms with Gasteiger partial charge in [0, 0.05) is 22.2 Å². The maximum atomic E-state index is 13.8. The zero-order chi connectivity index (χ0) is 24.1. The van der Waals surface area contributed by atoms with E-state index < -0.39 is 6.04 Å². The lowest BCUT2D eigenvalue weighted by Crippen LogP contribution is -2.47. The van der Waals surface area contributed by atoms with Gasteiger partial charge in [0.25, 0.3) is 0 Å². The smallest absolute Gasteiger partial charge is 0.248 e. The molecule has 0 bridgehead atoms. The minimum atomic E-state index is -0.808. The first-order chi connectivity index (χ1) is 16.4. The largest absolute Gasteiger partial charge is 0.351 e. The number of carbonyl (C=O) groups is 3. The molecule has 0 saturated heterocycles. The fourth-order valence-electron chi connectivity index (χ4n) is 4.58. The molecule has 1 saturated carbocycles. The standard InChI is InChI=1S/C28H30N2O3S/c1-19-8-3-6-12-25(19)27(28(33)29-22-9-4-5-10-22)30(26(32)18-24-11-7-17-34-24)23-15-13-21(14-16-23)20(2)31/h3,6-8,11-17,22,27H,4-5,9-10,18H2,1-2H3,(H,29,33). The number of nitrogens with one attached hydrogen (secondary N) is 1. The lowest BCUT2D eigenvalue weighted by molar-refractivity contribution is -0.127. The molecule has 1 fully saturated rings. The van der Waals surface area contributed by atoms with E-state index in [0.717, 1.165) is 41.7 Å². The molecule has 1 aliphatic rings. The summed E-state index contributed by atoms with van der Waals surface area (Å²) in [4.78, 5) is 42.0. The topological polar surface area (TPSA) is 66.5 Å². The summed E-state index contributed by atoms with van der Waals surface area (Å²) in [6.07, 6.45) is 4.33. The fraction of sp³-hybridized carbons (Fsp3) is 0.321. The lowest BCUT2D eigenvalue weighted by atomic mass is 9.97. The Bertz CT molecular complexity index is 1150. The first kappa shape index (κ1) is 23.9. The predicted molar refractivity (Wildman–Crippen MR) is 136 cm³/mol. The molecule has 1 unspecified atom stereocenters. The highest BCUT2D eigenvalue weighted by Gasteiger charge is 2.35. The zero-order valence-corrected chi connectivity index (χ0v) is 20.4. The molecule has 1 atom stereocenters. The van der Waals surface area contributed by atoms with Gasteiger partial charge in [-0.25, -0.2) is 0 Å². The van der Waals surface area contributed by atoms with Crippen molar-refractivity contribution in [3.05, 3.63) is 87.6 Å². The molecule has 1 N–H and O–H groups in total. The molecule has 2 amide bonds. The van der Waals surface area contributed by atoms with Crippen LogP contribution in [0.4, 0.5) is 5.69 Å². The molecule has 34 heavy (non-hydrogen) atoms. The van der Waals surface area contributed by atoms with E-state index in [1.807, 2.05) is 48.7 Å². The number of anilines is 1. The van der Waals surface area contributed by atoms with Crippen LogP contribution in [-0.2, 0) is 16.0 Å². The zero-order valence-electron chi connectivity index (χ0n) is 19.6. The van der Waals surface area contributed by atoms with Crippen LogP contribution in [0.15, 0.2) is 66.0 Å². The Hall–Kier alpha value is -3.25. The van der Waals surface area contributed by atoms with Crippen molar-refractivity contribution in [2.24, 2.45) is 0 Å². The van der Waals surface area contributed by atoms with Crippen molar-refractivity contribution in [2.45, 2.75) is 58.0 Å². The van der Waals surface area contributed by atoms with Crippen LogP contribution in [0.1, 0.15) is 65.0 Å². The van der Waals surface area contributed by atoms with Crippen LogP contribution in [0.25, 0.3) is 0 Å². The maximum Gasteiger partial charge on any atom is 0.248 e. The number of aryl methyl sites for hydroxylation is 1. The molecule has 1 heterocycles. The van der Waals surface area contributed by atoms with Crippen molar-refractivity contribution < 1.29 is 14.4 Å². The van der Waals surface area contributed by atoms with Gasteiger partial charge in [-0.2, -0.15) is 0 Å². The Labute approximate surface area is 204 Å².